The third kappa shape index (κ3) is 8.97. The van der Waals surface area contributed by atoms with Crippen molar-refractivity contribution in [3.8, 4) is 0 Å². The molecule has 50 heavy (non-hydrogen) atoms. The maximum Gasteiger partial charge on any atom is 0.229 e. The average molecular weight is 673 g/mol. The molecular weight excluding hydrogens is 624 g/mol. The van der Waals surface area contributed by atoms with Crippen molar-refractivity contribution < 1.29 is 9.59 Å². The van der Waals surface area contributed by atoms with Gasteiger partial charge in [-0.05, 0) is 129 Å². The van der Waals surface area contributed by atoms with Gasteiger partial charge in [0.15, 0.2) is 11.6 Å². The predicted molar refractivity (Wildman–Crippen MR) is 195 cm³/mol. The molecule has 0 radical (unpaired) electrons. The number of carbonyl (C=O) groups is 2. The molecule has 2 amide bonds. The van der Waals surface area contributed by atoms with E-state index in [1.807, 2.05) is 36.4 Å². The predicted octanol–water partition coefficient (Wildman–Crippen LogP) is 6.00. The number of aromatic nitrogens is 4. The van der Waals surface area contributed by atoms with Crippen molar-refractivity contribution in [2.75, 3.05) is 36.8 Å². The van der Waals surface area contributed by atoms with Gasteiger partial charge in [0.2, 0.25) is 11.8 Å². The van der Waals surface area contributed by atoms with Crippen molar-refractivity contribution in [3.63, 3.8) is 0 Å². The third-order valence-electron chi connectivity index (χ3n) is 10.7. The first kappa shape index (κ1) is 33.9. The van der Waals surface area contributed by atoms with E-state index in [0.717, 1.165) is 100 Å². The Morgan fingerprint density at radius 1 is 0.560 bits per heavy atom. The van der Waals surface area contributed by atoms with E-state index >= 15 is 0 Å². The van der Waals surface area contributed by atoms with E-state index in [1.54, 1.807) is 0 Å². The molecular formula is C40H48N8O2. The molecule has 4 N–H and O–H groups in total. The van der Waals surface area contributed by atoms with Gasteiger partial charge in [-0.1, -0.05) is 55.0 Å². The van der Waals surface area contributed by atoms with Crippen LogP contribution >= 0.6 is 0 Å². The molecule has 3 fully saturated rings. The Balaban J connectivity index is 0.891. The van der Waals surface area contributed by atoms with Crippen LogP contribution in [0.5, 0.6) is 0 Å². The highest BCUT2D eigenvalue weighted by Crippen LogP contribution is 2.40. The van der Waals surface area contributed by atoms with Crippen LogP contribution in [0.3, 0.4) is 0 Å². The van der Waals surface area contributed by atoms with E-state index in [9.17, 15) is 9.59 Å². The van der Waals surface area contributed by atoms with E-state index in [-0.39, 0.29) is 23.7 Å². The second-order valence-corrected chi connectivity index (χ2v) is 14.2. The summed E-state index contributed by atoms with van der Waals surface area (Å²) in [6.07, 6.45) is 9.17. The maximum absolute atomic E-state index is 12.9. The number of benzene rings is 2. The summed E-state index contributed by atoms with van der Waals surface area (Å²) in [5.74, 6) is 2.38. The van der Waals surface area contributed by atoms with Gasteiger partial charge in [-0.3, -0.25) is 9.59 Å². The van der Waals surface area contributed by atoms with Crippen LogP contribution in [0.4, 0.5) is 11.6 Å². The van der Waals surface area contributed by atoms with Crippen LogP contribution in [-0.2, 0) is 22.4 Å². The zero-order chi connectivity index (χ0) is 34.1. The van der Waals surface area contributed by atoms with Gasteiger partial charge >= 0.3 is 0 Å². The summed E-state index contributed by atoms with van der Waals surface area (Å²) >= 11 is 0. The summed E-state index contributed by atoms with van der Waals surface area (Å²) in [6, 6.07) is 24.5. The summed E-state index contributed by atoms with van der Waals surface area (Å²) in [7, 11) is 0. The molecule has 0 bridgehead atoms. The van der Waals surface area contributed by atoms with Gasteiger partial charge in [0.05, 0.1) is 24.2 Å². The monoisotopic (exact) mass is 672 g/mol. The molecule has 0 spiro atoms. The van der Waals surface area contributed by atoms with Crippen molar-refractivity contribution in [1.29, 1.82) is 0 Å². The van der Waals surface area contributed by atoms with Crippen LogP contribution in [0.2, 0.25) is 0 Å². The maximum atomic E-state index is 12.9. The number of hydrogen-bond donors (Lipinski definition) is 4. The van der Waals surface area contributed by atoms with Gasteiger partial charge in [0.1, 0.15) is 0 Å². The largest absolute Gasteiger partial charge is 0.317 e. The highest BCUT2D eigenvalue weighted by Gasteiger charge is 2.27. The zero-order valence-corrected chi connectivity index (χ0v) is 28.7. The Morgan fingerprint density at radius 2 is 1.02 bits per heavy atom. The molecule has 4 heterocycles. The number of carbonyl (C=O) groups excluding carboxylic acids is 2. The first-order valence-electron chi connectivity index (χ1n) is 18.4. The highest BCUT2D eigenvalue weighted by atomic mass is 16.2. The van der Waals surface area contributed by atoms with Crippen molar-refractivity contribution in [2.24, 2.45) is 0 Å². The Labute approximate surface area is 294 Å². The number of nitrogens with one attached hydrogen (secondary N) is 4. The van der Waals surface area contributed by atoms with E-state index in [0.29, 0.717) is 36.3 Å². The Bertz CT molecular complexity index is 1610. The third-order valence-corrected chi connectivity index (χ3v) is 10.7. The summed E-state index contributed by atoms with van der Waals surface area (Å²) in [5, 5.41) is 30.5. The summed E-state index contributed by atoms with van der Waals surface area (Å²) in [5.41, 5.74) is 6.54. The fraction of sp³-hybridized carbons (Fsp3) is 0.450. The number of hydrogen-bond acceptors (Lipinski definition) is 8. The van der Waals surface area contributed by atoms with E-state index in [1.165, 1.54) is 11.1 Å². The molecule has 1 aliphatic carbocycles. The normalized spacial score (nSPS) is 20.2. The quantitative estimate of drug-likeness (QED) is 0.161. The molecule has 10 heteroatoms. The lowest BCUT2D eigenvalue weighted by atomic mass is 9.78. The van der Waals surface area contributed by atoms with Crippen molar-refractivity contribution in [3.05, 3.63) is 106 Å². The van der Waals surface area contributed by atoms with Crippen LogP contribution in [-0.4, -0.2) is 58.4 Å². The van der Waals surface area contributed by atoms with Crippen LogP contribution in [0.25, 0.3) is 0 Å². The minimum atomic E-state index is -0.0905. The number of piperidine rings is 2. The topological polar surface area (TPSA) is 134 Å². The summed E-state index contributed by atoms with van der Waals surface area (Å²) < 4.78 is 0. The number of nitrogens with zero attached hydrogens (tertiary/aromatic N) is 4. The number of rotatable bonds is 10. The Morgan fingerprint density at radius 3 is 1.44 bits per heavy atom. The van der Waals surface area contributed by atoms with E-state index < -0.39 is 0 Å². The lowest BCUT2D eigenvalue weighted by Gasteiger charge is -2.28. The van der Waals surface area contributed by atoms with Crippen molar-refractivity contribution in [2.45, 2.75) is 87.9 Å². The van der Waals surface area contributed by atoms with Crippen molar-refractivity contribution >= 4 is 23.5 Å². The minimum absolute atomic E-state index is 0.0905. The second kappa shape index (κ2) is 16.4. The molecule has 2 saturated heterocycles. The molecule has 2 aliphatic heterocycles. The molecule has 7 rings (SSSR count). The molecule has 4 aromatic rings. The van der Waals surface area contributed by atoms with Crippen LogP contribution in [0.1, 0.15) is 109 Å². The first-order chi connectivity index (χ1) is 24.6. The molecule has 2 aromatic heterocycles. The van der Waals surface area contributed by atoms with Gasteiger partial charge < -0.3 is 21.3 Å². The molecule has 3 aliphatic rings. The smallest absolute Gasteiger partial charge is 0.229 e. The van der Waals surface area contributed by atoms with E-state index in [2.05, 4.69) is 78.1 Å². The Kier molecular flexibility index (Phi) is 11.2. The SMILES string of the molecule is O=C(Cc1cccc(C2CCNCC2)c1)Nc1ccc([C@H]2CCC[C@H](c3ccc(NC(=O)Cc4cccc(C5CCNCC5)c4)nn3)C2)nn1. The fourth-order valence-corrected chi connectivity index (χ4v) is 7.95. The molecule has 2 atom stereocenters. The highest BCUT2D eigenvalue weighted by molar-refractivity contribution is 5.91. The Hall–Kier alpha value is -4.54. The molecule has 2 aromatic carbocycles. The standard InChI is InChI=1S/C40H48N8O2/c49-39(24-27-4-1-6-31(22-27)29-14-18-41-19-15-29)43-37-12-10-35(45-47-37)33-8-3-9-34(26-33)36-11-13-38(48-46-36)44-40(50)25-28-5-2-7-32(23-28)30-16-20-42-21-17-30/h1-2,4-7,10-13,22-23,29-30,33-34,41-42H,3,8-9,14-21,24-26H2,(H,43,47,49)(H,44,48,50)/t33-,34-/m0/s1. The van der Waals surface area contributed by atoms with Crippen LogP contribution < -0.4 is 21.3 Å². The molecule has 10 nitrogen and oxygen atoms in total. The zero-order valence-electron chi connectivity index (χ0n) is 28.7. The minimum Gasteiger partial charge on any atom is -0.317 e. The average Bonchev–Trinajstić information content (AvgIpc) is 3.16. The van der Waals surface area contributed by atoms with Crippen molar-refractivity contribution in [1.82, 2.24) is 31.0 Å². The number of anilines is 2. The number of amides is 2. The van der Waals surface area contributed by atoms with Gasteiger partial charge in [-0.15, -0.1) is 10.2 Å². The molecule has 0 unspecified atom stereocenters. The molecule has 1 saturated carbocycles. The summed E-state index contributed by atoms with van der Waals surface area (Å²) in [6.45, 7) is 4.18. The van der Waals surface area contributed by atoms with Gasteiger partial charge in [0, 0.05) is 11.8 Å². The lowest BCUT2D eigenvalue weighted by Crippen LogP contribution is -2.26. The first-order valence-corrected chi connectivity index (χ1v) is 18.4. The van der Waals surface area contributed by atoms with Crippen LogP contribution in [0, 0.1) is 0 Å². The lowest BCUT2D eigenvalue weighted by molar-refractivity contribution is -0.116. The van der Waals surface area contributed by atoms with Crippen LogP contribution in [0.15, 0.2) is 72.8 Å². The fourth-order valence-electron chi connectivity index (χ4n) is 7.95. The van der Waals surface area contributed by atoms with Gasteiger partial charge in [-0.25, -0.2) is 0 Å². The van der Waals surface area contributed by atoms with E-state index in [4.69, 9.17) is 0 Å². The van der Waals surface area contributed by atoms with Gasteiger partial charge in [0.25, 0.3) is 0 Å². The molecule has 260 valence electrons. The summed E-state index contributed by atoms with van der Waals surface area (Å²) in [4.78, 5) is 25.7. The van der Waals surface area contributed by atoms with Gasteiger partial charge in [-0.2, -0.15) is 10.2 Å². The second-order valence-electron chi connectivity index (χ2n) is 14.2.